The van der Waals surface area contributed by atoms with Crippen molar-refractivity contribution in [3.63, 3.8) is 0 Å². The summed E-state index contributed by atoms with van der Waals surface area (Å²) in [4.78, 5) is 33.8. The van der Waals surface area contributed by atoms with Crippen molar-refractivity contribution in [1.82, 2.24) is 9.88 Å². The van der Waals surface area contributed by atoms with Crippen LogP contribution >= 0.6 is 11.3 Å². The van der Waals surface area contributed by atoms with Gasteiger partial charge in [0.25, 0.3) is 5.91 Å². The first-order chi connectivity index (χ1) is 16.4. The Balaban J connectivity index is 1.24. The van der Waals surface area contributed by atoms with Gasteiger partial charge in [-0.25, -0.2) is 4.98 Å². The van der Waals surface area contributed by atoms with Crippen LogP contribution in [0.25, 0.3) is 11.1 Å². The summed E-state index contributed by atoms with van der Waals surface area (Å²) in [5.74, 6) is 0.799. The molecule has 8 heteroatoms. The lowest BCUT2D eigenvalue weighted by Gasteiger charge is -2.45. The van der Waals surface area contributed by atoms with E-state index >= 15 is 0 Å². The van der Waals surface area contributed by atoms with Gasteiger partial charge >= 0.3 is 0 Å². The Kier molecular flexibility index (Phi) is 6.00. The lowest BCUT2D eigenvalue weighted by Crippen LogP contribution is -2.53. The number of benzene rings is 1. The summed E-state index contributed by atoms with van der Waals surface area (Å²) >= 11 is 1.63. The Morgan fingerprint density at radius 3 is 2.56 bits per heavy atom. The normalized spacial score (nSPS) is 17.2. The number of likely N-dealkylation sites (tertiary alicyclic amines) is 1. The second kappa shape index (κ2) is 9.10. The standard InChI is InChI=1S/C26H29N5O2S/c1-18(32)31-11-2-8-26(31)9-12-30(13-10-26)24-6-4-20(16-28-24)25(33)29-23-15-19(3-5-22(23)27)21-7-14-34-17-21/h3-7,14-17H,2,8-13,27H2,1H3,(H,29,33). The number of rotatable bonds is 4. The van der Waals surface area contributed by atoms with Crippen LogP contribution < -0.4 is 16.0 Å². The molecule has 2 aromatic heterocycles. The van der Waals surface area contributed by atoms with Crippen LogP contribution in [0, 0.1) is 0 Å². The first-order valence-electron chi connectivity index (χ1n) is 11.7. The third-order valence-electron chi connectivity index (χ3n) is 7.16. The SMILES string of the molecule is CC(=O)N1CCCC12CCN(c1ccc(C(=O)Nc3cc(-c4ccsc4)ccc3N)cn1)CC2. The van der Waals surface area contributed by atoms with Crippen molar-refractivity contribution < 1.29 is 9.59 Å². The van der Waals surface area contributed by atoms with Crippen LogP contribution in [0.4, 0.5) is 17.2 Å². The first-order valence-corrected chi connectivity index (χ1v) is 12.6. The predicted molar refractivity (Wildman–Crippen MR) is 137 cm³/mol. The minimum absolute atomic E-state index is 0.0135. The number of piperidine rings is 1. The summed E-state index contributed by atoms with van der Waals surface area (Å²) in [5, 5.41) is 7.01. The van der Waals surface area contributed by atoms with E-state index in [1.54, 1.807) is 30.5 Å². The van der Waals surface area contributed by atoms with Gasteiger partial charge in [-0.05, 0) is 77.9 Å². The summed E-state index contributed by atoms with van der Waals surface area (Å²) in [6, 6.07) is 11.4. The molecule has 0 aliphatic carbocycles. The van der Waals surface area contributed by atoms with E-state index in [4.69, 9.17) is 5.73 Å². The summed E-state index contributed by atoms with van der Waals surface area (Å²) < 4.78 is 0. The van der Waals surface area contributed by atoms with Crippen molar-refractivity contribution in [2.45, 2.75) is 38.1 Å². The summed E-state index contributed by atoms with van der Waals surface area (Å²) in [6.07, 6.45) is 5.70. The third kappa shape index (κ3) is 4.25. The van der Waals surface area contributed by atoms with E-state index in [-0.39, 0.29) is 17.4 Å². The Labute approximate surface area is 203 Å². The van der Waals surface area contributed by atoms with Crippen molar-refractivity contribution in [1.29, 1.82) is 0 Å². The average Bonchev–Trinajstić information content (AvgIpc) is 3.52. The molecule has 34 heavy (non-hydrogen) atoms. The number of amides is 2. The van der Waals surface area contributed by atoms with Gasteiger partial charge in [-0.3, -0.25) is 9.59 Å². The number of nitrogen functional groups attached to an aromatic ring is 1. The number of carbonyl (C=O) groups is 2. The number of hydrogen-bond donors (Lipinski definition) is 2. The monoisotopic (exact) mass is 475 g/mol. The zero-order chi connectivity index (χ0) is 23.7. The highest BCUT2D eigenvalue weighted by Crippen LogP contribution is 2.39. The van der Waals surface area contributed by atoms with Gasteiger partial charge in [0.1, 0.15) is 5.82 Å². The second-order valence-corrected chi connectivity index (χ2v) is 9.94. The van der Waals surface area contributed by atoms with Crippen LogP contribution in [0.3, 0.4) is 0 Å². The molecule has 0 unspecified atom stereocenters. The lowest BCUT2D eigenvalue weighted by molar-refractivity contribution is -0.133. The molecular formula is C26H29N5O2S. The fourth-order valence-electron chi connectivity index (χ4n) is 5.28. The number of pyridine rings is 1. The summed E-state index contributed by atoms with van der Waals surface area (Å²) in [5.41, 5.74) is 9.82. The van der Waals surface area contributed by atoms with E-state index in [0.717, 1.165) is 62.3 Å². The Morgan fingerprint density at radius 1 is 1.06 bits per heavy atom. The molecule has 1 spiro atoms. The van der Waals surface area contributed by atoms with E-state index < -0.39 is 0 Å². The molecule has 2 aliphatic heterocycles. The molecule has 2 fully saturated rings. The minimum Gasteiger partial charge on any atom is -0.397 e. The van der Waals surface area contributed by atoms with Crippen molar-refractivity contribution in [2.24, 2.45) is 0 Å². The first kappa shape index (κ1) is 22.4. The molecule has 2 aliphatic rings. The molecule has 4 heterocycles. The van der Waals surface area contributed by atoms with E-state index in [0.29, 0.717) is 16.9 Å². The van der Waals surface area contributed by atoms with Crippen molar-refractivity contribution in [2.75, 3.05) is 35.6 Å². The number of nitrogens with two attached hydrogens (primary N) is 1. The van der Waals surface area contributed by atoms with Gasteiger partial charge in [0.2, 0.25) is 5.91 Å². The number of nitrogens with one attached hydrogen (secondary N) is 1. The van der Waals surface area contributed by atoms with Crippen LogP contribution in [-0.2, 0) is 4.79 Å². The van der Waals surface area contributed by atoms with Crippen LogP contribution in [0.2, 0.25) is 0 Å². The van der Waals surface area contributed by atoms with Crippen LogP contribution in [-0.4, -0.2) is 46.9 Å². The number of thiophene rings is 1. The maximum absolute atomic E-state index is 12.9. The van der Waals surface area contributed by atoms with Gasteiger partial charge in [-0.1, -0.05) is 6.07 Å². The molecule has 3 aromatic rings. The van der Waals surface area contributed by atoms with Crippen molar-refractivity contribution in [3.8, 4) is 11.1 Å². The molecule has 5 rings (SSSR count). The van der Waals surface area contributed by atoms with Crippen molar-refractivity contribution >= 4 is 40.3 Å². The largest absolute Gasteiger partial charge is 0.397 e. The minimum atomic E-state index is -0.242. The fraction of sp³-hybridized carbons (Fsp3) is 0.346. The van der Waals surface area contributed by atoms with Gasteiger partial charge in [0.05, 0.1) is 16.9 Å². The van der Waals surface area contributed by atoms with Gasteiger partial charge < -0.3 is 20.9 Å². The second-order valence-electron chi connectivity index (χ2n) is 9.16. The molecule has 2 saturated heterocycles. The lowest BCUT2D eigenvalue weighted by atomic mass is 9.85. The molecule has 3 N–H and O–H groups in total. The quantitative estimate of drug-likeness (QED) is 0.537. The molecule has 0 saturated carbocycles. The van der Waals surface area contributed by atoms with Gasteiger partial charge in [0.15, 0.2) is 0 Å². The maximum atomic E-state index is 12.9. The molecule has 2 amide bonds. The highest BCUT2D eigenvalue weighted by molar-refractivity contribution is 7.08. The Hall–Kier alpha value is -3.39. The molecule has 176 valence electrons. The Bertz CT molecular complexity index is 1180. The molecular weight excluding hydrogens is 446 g/mol. The smallest absolute Gasteiger partial charge is 0.257 e. The number of carbonyl (C=O) groups excluding carboxylic acids is 2. The van der Waals surface area contributed by atoms with Crippen LogP contribution in [0.5, 0.6) is 0 Å². The molecule has 7 nitrogen and oxygen atoms in total. The number of anilines is 3. The van der Waals surface area contributed by atoms with Gasteiger partial charge in [-0.2, -0.15) is 11.3 Å². The molecule has 0 radical (unpaired) electrons. The maximum Gasteiger partial charge on any atom is 0.257 e. The van der Waals surface area contributed by atoms with Crippen LogP contribution in [0.15, 0.2) is 53.4 Å². The zero-order valence-corrected chi connectivity index (χ0v) is 20.1. The molecule has 0 atom stereocenters. The highest BCUT2D eigenvalue weighted by Gasteiger charge is 2.44. The molecule has 0 bridgehead atoms. The summed E-state index contributed by atoms with van der Waals surface area (Å²) in [6.45, 7) is 4.26. The highest BCUT2D eigenvalue weighted by atomic mass is 32.1. The average molecular weight is 476 g/mol. The number of nitrogens with zero attached hydrogens (tertiary/aromatic N) is 3. The van der Waals surface area contributed by atoms with E-state index in [9.17, 15) is 9.59 Å². The molecule has 1 aromatic carbocycles. The van der Waals surface area contributed by atoms with E-state index in [1.807, 2.05) is 35.7 Å². The zero-order valence-electron chi connectivity index (χ0n) is 19.3. The van der Waals surface area contributed by atoms with Crippen LogP contribution in [0.1, 0.15) is 43.0 Å². The predicted octanol–water partition coefficient (Wildman–Crippen LogP) is 4.63. The third-order valence-corrected chi connectivity index (χ3v) is 7.84. The topological polar surface area (TPSA) is 91.6 Å². The Morgan fingerprint density at radius 2 is 1.88 bits per heavy atom. The van der Waals surface area contributed by atoms with Crippen molar-refractivity contribution in [3.05, 3.63) is 58.9 Å². The van der Waals surface area contributed by atoms with E-state index in [1.165, 1.54) is 0 Å². The summed E-state index contributed by atoms with van der Waals surface area (Å²) in [7, 11) is 0. The number of aromatic nitrogens is 1. The number of hydrogen-bond acceptors (Lipinski definition) is 6. The van der Waals surface area contributed by atoms with Gasteiger partial charge in [-0.15, -0.1) is 0 Å². The fourth-order valence-corrected chi connectivity index (χ4v) is 5.94. The van der Waals surface area contributed by atoms with E-state index in [2.05, 4.69) is 25.5 Å². The van der Waals surface area contributed by atoms with Gasteiger partial charge in [0, 0.05) is 38.3 Å².